The van der Waals surface area contributed by atoms with Crippen LogP contribution < -0.4 is 10.6 Å². The van der Waals surface area contributed by atoms with Gasteiger partial charge in [-0.3, -0.25) is 0 Å². The SMILES string of the molecule is COCCCNC(=S)Nc1ccc2ncsc2c1. The van der Waals surface area contributed by atoms with Gasteiger partial charge in [-0.2, -0.15) is 0 Å². The van der Waals surface area contributed by atoms with Crippen LogP contribution in [0.5, 0.6) is 0 Å². The van der Waals surface area contributed by atoms with Crippen LogP contribution in [0.1, 0.15) is 6.42 Å². The molecule has 18 heavy (non-hydrogen) atoms. The van der Waals surface area contributed by atoms with Crippen LogP contribution in [0.2, 0.25) is 0 Å². The topological polar surface area (TPSA) is 46.2 Å². The Morgan fingerprint density at radius 1 is 1.50 bits per heavy atom. The summed E-state index contributed by atoms with van der Waals surface area (Å²) >= 11 is 6.83. The molecule has 2 aromatic rings. The Hall–Kier alpha value is -1.24. The number of aromatic nitrogens is 1. The van der Waals surface area contributed by atoms with Crippen molar-refractivity contribution >= 4 is 44.6 Å². The number of hydrogen-bond acceptors (Lipinski definition) is 4. The van der Waals surface area contributed by atoms with Gasteiger partial charge in [-0.15, -0.1) is 11.3 Å². The van der Waals surface area contributed by atoms with E-state index < -0.39 is 0 Å². The lowest BCUT2D eigenvalue weighted by Crippen LogP contribution is -2.29. The predicted octanol–water partition coefficient (Wildman–Crippen LogP) is 2.62. The molecule has 0 amide bonds. The van der Waals surface area contributed by atoms with Gasteiger partial charge in [0.15, 0.2) is 5.11 Å². The van der Waals surface area contributed by atoms with Gasteiger partial charge >= 0.3 is 0 Å². The summed E-state index contributed by atoms with van der Waals surface area (Å²) < 4.78 is 6.13. The molecule has 1 aromatic carbocycles. The summed E-state index contributed by atoms with van der Waals surface area (Å²) in [4.78, 5) is 4.24. The molecule has 0 aliphatic heterocycles. The van der Waals surface area contributed by atoms with Crippen LogP contribution in [0.3, 0.4) is 0 Å². The van der Waals surface area contributed by atoms with E-state index in [1.54, 1.807) is 18.4 Å². The second-order valence-corrected chi connectivity index (χ2v) is 5.06. The summed E-state index contributed by atoms with van der Waals surface area (Å²) in [6, 6.07) is 6.02. The second-order valence-electron chi connectivity index (χ2n) is 3.76. The number of thiocarbonyl (C=S) groups is 1. The maximum absolute atomic E-state index is 5.21. The zero-order chi connectivity index (χ0) is 12.8. The minimum Gasteiger partial charge on any atom is -0.385 e. The maximum atomic E-state index is 5.21. The summed E-state index contributed by atoms with van der Waals surface area (Å²) in [7, 11) is 1.70. The van der Waals surface area contributed by atoms with Crippen molar-refractivity contribution in [2.75, 3.05) is 25.6 Å². The average Bonchev–Trinajstić information content (AvgIpc) is 2.82. The molecular formula is C12H15N3OS2. The van der Waals surface area contributed by atoms with E-state index >= 15 is 0 Å². The number of anilines is 1. The van der Waals surface area contributed by atoms with Crippen LogP contribution in [0.25, 0.3) is 10.2 Å². The molecule has 0 spiro atoms. The van der Waals surface area contributed by atoms with Gasteiger partial charge in [0.05, 0.1) is 15.7 Å². The van der Waals surface area contributed by atoms with Gasteiger partial charge in [0.2, 0.25) is 0 Å². The number of rotatable bonds is 5. The van der Waals surface area contributed by atoms with Crippen molar-refractivity contribution in [3.63, 3.8) is 0 Å². The normalized spacial score (nSPS) is 10.5. The first-order valence-corrected chi connectivity index (χ1v) is 6.95. The zero-order valence-electron chi connectivity index (χ0n) is 10.1. The monoisotopic (exact) mass is 281 g/mol. The molecule has 0 aliphatic carbocycles. The van der Waals surface area contributed by atoms with E-state index in [1.165, 1.54) is 0 Å². The number of nitrogens with one attached hydrogen (secondary N) is 2. The molecule has 0 fully saturated rings. The molecule has 96 valence electrons. The van der Waals surface area contributed by atoms with E-state index in [0.717, 1.165) is 35.5 Å². The average molecular weight is 281 g/mol. The third kappa shape index (κ3) is 3.63. The van der Waals surface area contributed by atoms with Gasteiger partial charge in [-0.05, 0) is 36.8 Å². The van der Waals surface area contributed by atoms with Gasteiger partial charge < -0.3 is 15.4 Å². The molecule has 2 N–H and O–H groups in total. The lowest BCUT2D eigenvalue weighted by molar-refractivity contribution is 0.196. The number of ether oxygens (including phenoxy) is 1. The van der Waals surface area contributed by atoms with Gasteiger partial charge in [0.1, 0.15) is 0 Å². The van der Waals surface area contributed by atoms with Gasteiger partial charge in [0, 0.05) is 25.9 Å². The highest BCUT2D eigenvalue weighted by Gasteiger charge is 2.00. The van der Waals surface area contributed by atoms with E-state index in [9.17, 15) is 0 Å². The first-order chi connectivity index (χ1) is 8.79. The van der Waals surface area contributed by atoms with Gasteiger partial charge in [0.25, 0.3) is 0 Å². The number of thiazole rings is 1. The summed E-state index contributed by atoms with van der Waals surface area (Å²) in [5.74, 6) is 0. The van der Waals surface area contributed by atoms with Crippen molar-refractivity contribution in [1.29, 1.82) is 0 Å². The predicted molar refractivity (Wildman–Crippen MR) is 80.3 cm³/mol. The molecule has 0 saturated heterocycles. The quantitative estimate of drug-likeness (QED) is 0.651. The van der Waals surface area contributed by atoms with Gasteiger partial charge in [-0.1, -0.05) is 0 Å². The molecule has 6 heteroatoms. The zero-order valence-corrected chi connectivity index (χ0v) is 11.7. The van der Waals surface area contributed by atoms with E-state index in [1.807, 2.05) is 17.6 Å². The Kier molecular flexibility index (Phi) is 4.86. The molecule has 4 nitrogen and oxygen atoms in total. The Morgan fingerprint density at radius 2 is 2.39 bits per heavy atom. The van der Waals surface area contributed by atoms with Crippen molar-refractivity contribution in [3.05, 3.63) is 23.7 Å². The number of methoxy groups -OCH3 is 1. The Morgan fingerprint density at radius 3 is 3.22 bits per heavy atom. The highest BCUT2D eigenvalue weighted by atomic mass is 32.1. The molecule has 2 rings (SSSR count). The van der Waals surface area contributed by atoms with Crippen molar-refractivity contribution in [2.24, 2.45) is 0 Å². The molecule has 0 bridgehead atoms. The van der Waals surface area contributed by atoms with Crippen LogP contribution in [-0.4, -0.2) is 30.4 Å². The summed E-state index contributed by atoms with van der Waals surface area (Å²) in [5, 5.41) is 6.93. The Labute approximate surface area is 115 Å². The molecule has 0 radical (unpaired) electrons. The molecule has 0 aliphatic rings. The first-order valence-electron chi connectivity index (χ1n) is 5.66. The van der Waals surface area contributed by atoms with Crippen molar-refractivity contribution < 1.29 is 4.74 Å². The second kappa shape index (κ2) is 6.63. The van der Waals surface area contributed by atoms with Crippen LogP contribution >= 0.6 is 23.6 Å². The highest BCUT2D eigenvalue weighted by molar-refractivity contribution is 7.80. The summed E-state index contributed by atoms with van der Waals surface area (Å²) in [6.07, 6.45) is 0.937. The summed E-state index contributed by atoms with van der Waals surface area (Å²) in [6.45, 7) is 1.55. The minimum absolute atomic E-state index is 0.634. The van der Waals surface area contributed by atoms with Crippen LogP contribution in [0, 0.1) is 0 Å². The number of nitrogens with zero attached hydrogens (tertiary/aromatic N) is 1. The smallest absolute Gasteiger partial charge is 0.170 e. The summed E-state index contributed by atoms with van der Waals surface area (Å²) in [5.41, 5.74) is 3.84. The fourth-order valence-electron chi connectivity index (χ4n) is 1.53. The Bertz CT molecular complexity index is 527. The van der Waals surface area contributed by atoms with Gasteiger partial charge in [-0.25, -0.2) is 4.98 Å². The van der Waals surface area contributed by atoms with Crippen LogP contribution in [-0.2, 0) is 4.74 Å². The molecule has 0 saturated carbocycles. The lowest BCUT2D eigenvalue weighted by atomic mass is 10.3. The Balaban J connectivity index is 1.86. The van der Waals surface area contributed by atoms with Crippen molar-refractivity contribution in [2.45, 2.75) is 6.42 Å². The maximum Gasteiger partial charge on any atom is 0.170 e. The van der Waals surface area contributed by atoms with Crippen molar-refractivity contribution in [3.8, 4) is 0 Å². The number of fused-ring (bicyclic) bond motifs is 1. The standard InChI is InChI=1S/C12H15N3OS2/c1-16-6-2-5-13-12(17)15-9-3-4-10-11(7-9)18-8-14-10/h3-4,7-8H,2,5-6H2,1H3,(H2,13,15,17). The highest BCUT2D eigenvalue weighted by Crippen LogP contribution is 2.21. The number of benzene rings is 1. The molecule has 0 atom stereocenters. The third-order valence-corrected chi connectivity index (χ3v) is 3.44. The van der Waals surface area contributed by atoms with Crippen molar-refractivity contribution in [1.82, 2.24) is 10.3 Å². The van der Waals surface area contributed by atoms with E-state index in [-0.39, 0.29) is 0 Å². The number of hydrogen-bond donors (Lipinski definition) is 2. The van der Waals surface area contributed by atoms with Crippen LogP contribution in [0.15, 0.2) is 23.7 Å². The lowest BCUT2D eigenvalue weighted by Gasteiger charge is -2.10. The first kappa shape index (κ1) is 13.2. The molecule has 0 unspecified atom stereocenters. The fraction of sp³-hybridized carbons (Fsp3) is 0.333. The molecular weight excluding hydrogens is 266 g/mol. The minimum atomic E-state index is 0.634. The molecule has 1 heterocycles. The largest absolute Gasteiger partial charge is 0.385 e. The van der Waals surface area contributed by atoms with E-state index in [0.29, 0.717) is 5.11 Å². The third-order valence-electron chi connectivity index (χ3n) is 2.40. The van der Waals surface area contributed by atoms with E-state index in [4.69, 9.17) is 17.0 Å². The van der Waals surface area contributed by atoms with E-state index in [2.05, 4.69) is 21.7 Å². The van der Waals surface area contributed by atoms with Crippen LogP contribution in [0.4, 0.5) is 5.69 Å². The molecule has 1 aromatic heterocycles. The fourth-order valence-corrected chi connectivity index (χ4v) is 2.46.